The largest absolute Gasteiger partial charge is 0.366 e. The highest BCUT2D eigenvalue weighted by atomic mass is 16.2. The van der Waals surface area contributed by atoms with Crippen molar-refractivity contribution in [2.45, 2.75) is 25.3 Å². The minimum Gasteiger partial charge on any atom is -0.366 e. The Labute approximate surface area is 214 Å². The maximum Gasteiger partial charge on any atom is 0.252 e. The van der Waals surface area contributed by atoms with Crippen LogP contribution >= 0.6 is 0 Å². The van der Waals surface area contributed by atoms with Crippen molar-refractivity contribution in [3.63, 3.8) is 0 Å². The van der Waals surface area contributed by atoms with Crippen LogP contribution in [0.3, 0.4) is 0 Å². The molecule has 1 unspecified atom stereocenters. The first-order valence-electron chi connectivity index (χ1n) is 12.1. The summed E-state index contributed by atoms with van der Waals surface area (Å²) in [4.78, 5) is 42.4. The summed E-state index contributed by atoms with van der Waals surface area (Å²) in [6, 6.07) is 23.4. The second-order valence-electron chi connectivity index (χ2n) is 9.05. The predicted molar refractivity (Wildman–Crippen MR) is 142 cm³/mol. The van der Waals surface area contributed by atoms with Gasteiger partial charge < -0.3 is 16.8 Å². The van der Waals surface area contributed by atoms with Crippen LogP contribution in [0.25, 0.3) is 22.4 Å². The van der Waals surface area contributed by atoms with Crippen molar-refractivity contribution in [2.75, 3.05) is 0 Å². The zero-order valence-electron chi connectivity index (χ0n) is 20.1. The standard InChI is InChI=1S/C30H26N4O3/c31-28(35)19-14-15-21(24(17-19)29(32)36)22-10-6-11-23(27(22)26-12-3-4-16-33-26)30(37)34-25-13-5-8-18-7-1-2-9-20(18)25/h1-4,6-7,9-12,14-17,25H,5,8,13H2,(H2,31,35)(H2,32,36)(H,34,37). The van der Waals surface area contributed by atoms with Crippen molar-refractivity contribution in [1.29, 1.82) is 0 Å². The van der Waals surface area contributed by atoms with Crippen LogP contribution in [0.2, 0.25) is 0 Å². The highest BCUT2D eigenvalue weighted by Crippen LogP contribution is 2.37. The molecule has 0 radical (unpaired) electrons. The number of hydrogen-bond donors (Lipinski definition) is 3. The molecule has 184 valence electrons. The van der Waals surface area contributed by atoms with Gasteiger partial charge in [-0.25, -0.2) is 0 Å². The van der Waals surface area contributed by atoms with E-state index in [1.54, 1.807) is 30.5 Å². The molecular weight excluding hydrogens is 464 g/mol. The van der Waals surface area contributed by atoms with E-state index in [0.29, 0.717) is 27.9 Å². The van der Waals surface area contributed by atoms with Gasteiger partial charge in [0, 0.05) is 28.5 Å². The number of primary amides is 2. The number of nitrogens with two attached hydrogens (primary N) is 2. The van der Waals surface area contributed by atoms with Crippen molar-refractivity contribution in [2.24, 2.45) is 11.5 Å². The lowest BCUT2D eigenvalue weighted by Crippen LogP contribution is -2.31. The molecule has 1 heterocycles. The fourth-order valence-corrected chi connectivity index (χ4v) is 5.03. The molecule has 1 aromatic heterocycles. The molecule has 1 aliphatic carbocycles. The maximum absolute atomic E-state index is 13.8. The number of nitrogens with one attached hydrogen (secondary N) is 1. The first-order valence-corrected chi connectivity index (χ1v) is 12.1. The fraction of sp³-hybridized carbons (Fsp3) is 0.133. The minimum atomic E-state index is -0.710. The van der Waals surface area contributed by atoms with Gasteiger partial charge in [-0.05, 0) is 71.8 Å². The Morgan fingerprint density at radius 2 is 1.62 bits per heavy atom. The van der Waals surface area contributed by atoms with Crippen LogP contribution in [0, 0.1) is 0 Å². The molecule has 0 saturated carbocycles. The Balaban J connectivity index is 1.64. The smallest absolute Gasteiger partial charge is 0.252 e. The molecule has 5 N–H and O–H groups in total. The molecule has 1 atom stereocenters. The predicted octanol–water partition coefficient (Wildman–Crippen LogP) is 4.42. The number of aryl methyl sites for hydroxylation is 1. The van der Waals surface area contributed by atoms with E-state index < -0.39 is 11.8 Å². The molecule has 3 amide bonds. The van der Waals surface area contributed by atoms with Gasteiger partial charge in [0.25, 0.3) is 5.91 Å². The molecule has 0 bridgehead atoms. The van der Waals surface area contributed by atoms with E-state index in [4.69, 9.17) is 11.5 Å². The summed E-state index contributed by atoms with van der Waals surface area (Å²) in [7, 11) is 0. The fourth-order valence-electron chi connectivity index (χ4n) is 5.03. The average molecular weight is 491 g/mol. The van der Waals surface area contributed by atoms with Gasteiger partial charge in [-0.3, -0.25) is 19.4 Å². The highest BCUT2D eigenvalue weighted by Gasteiger charge is 2.26. The van der Waals surface area contributed by atoms with Gasteiger partial charge in [-0.15, -0.1) is 0 Å². The molecule has 3 aromatic carbocycles. The van der Waals surface area contributed by atoms with Crippen molar-refractivity contribution < 1.29 is 14.4 Å². The summed E-state index contributed by atoms with van der Waals surface area (Å²) in [5, 5.41) is 3.22. The van der Waals surface area contributed by atoms with Gasteiger partial charge in [0.15, 0.2) is 0 Å². The van der Waals surface area contributed by atoms with Crippen LogP contribution in [0.4, 0.5) is 0 Å². The van der Waals surface area contributed by atoms with Crippen LogP contribution < -0.4 is 16.8 Å². The first-order chi connectivity index (χ1) is 17.9. The monoisotopic (exact) mass is 490 g/mol. The number of hydrogen-bond acceptors (Lipinski definition) is 4. The lowest BCUT2D eigenvalue weighted by Gasteiger charge is -2.27. The van der Waals surface area contributed by atoms with E-state index in [-0.39, 0.29) is 23.1 Å². The van der Waals surface area contributed by atoms with Gasteiger partial charge in [0.1, 0.15) is 0 Å². The van der Waals surface area contributed by atoms with E-state index in [2.05, 4.69) is 22.4 Å². The third kappa shape index (κ3) is 4.71. The molecule has 0 spiro atoms. The number of aromatic nitrogens is 1. The van der Waals surface area contributed by atoms with E-state index in [1.165, 1.54) is 17.7 Å². The molecular formula is C30H26N4O3. The van der Waals surface area contributed by atoms with Gasteiger partial charge >= 0.3 is 0 Å². The molecule has 4 aromatic rings. The van der Waals surface area contributed by atoms with Crippen molar-refractivity contribution in [3.8, 4) is 22.4 Å². The van der Waals surface area contributed by atoms with Gasteiger partial charge in [0.05, 0.1) is 11.7 Å². The number of rotatable bonds is 6. The van der Waals surface area contributed by atoms with E-state index in [1.807, 2.05) is 30.3 Å². The lowest BCUT2D eigenvalue weighted by atomic mass is 9.86. The molecule has 37 heavy (non-hydrogen) atoms. The maximum atomic E-state index is 13.8. The number of carbonyl (C=O) groups excluding carboxylic acids is 3. The molecule has 0 saturated heterocycles. The van der Waals surface area contributed by atoms with E-state index >= 15 is 0 Å². The van der Waals surface area contributed by atoms with Crippen LogP contribution in [0.1, 0.15) is 61.1 Å². The summed E-state index contributed by atoms with van der Waals surface area (Å²) in [5.41, 5.74) is 16.4. The number of benzene rings is 3. The van der Waals surface area contributed by atoms with Crippen molar-refractivity contribution >= 4 is 17.7 Å². The molecule has 0 aliphatic heterocycles. The second kappa shape index (κ2) is 10.1. The summed E-state index contributed by atoms with van der Waals surface area (Å²) in [5.74, 6) is -1.61. The van der Waals surface area contributed by atoms with Gasteiger partial charge in [-0.2, -0.15) is 0 Å². The molecule has 0 fully saturated rings. The molecule has 7 heteroatoms. The Bertz CT molecular complexity index is 1510. The van der Waals surface area contributed by atoms with Gasteiger partial charge in [0.2, 0.25) is 11.8 Å². The number of pyridine rings is 1. The number of nitrogens with zero attached hydrogens (tertiary/aromatic N) is 1. The average Bonchev–Trinajstić information content (AvgIpc) is 2.93. The zero-order valence-corrected chi connectivity index (χ0v) is 20.1. The summed E-state index contributed by atoms with van der Waals surface area (Å²) in [6.07, 6.45) is 4.48. The van der Waals surface area contributed by atoms with Crippen molar-refractivity contribution in [1.82, 2.24) is 10.3 Å². The van der Waals surface area contributed by atoms with Crippen molar-refractivity contribution in [3.05, 3.63) is 113 Å². The summed E-state index contributed by atoms with van der Waals surface area (Å²) < 4.78 is 0. The number of amides is 3. The highest BCUT2D eigenvalue weighted by molar-refractivity contribution is 6.08. The second-order valence-corrected chi connectivity index (χ2v) is 9.05. The van der Waals surface area contributed by atoms with Gasteiger partial charge in [-0.1, -0.05) is 48.5 Å². The Morgan fingerprint density at radius 1 is 0.811 bits per heavy atom. The topological polar surface area (TPSA) is 128 Å². The molecule has 7 nitrogen and oxygen atoms in total. The van der Waals surface area contributed by atoms with Crippen LogP contribution in [0.15, 0.2) is 85.1 Å². The van der Waals surface area contributed by atoms with Crippen LogP contribution in [-0.2, 0) is 6.42 Å². The van der Waals surface area contributed by atoms with Crippen LogP contribution in [0.5, 0.6) is 0 Å². The number of fused-ring (bicyclic) bond motifs is 1. The summed E-state index contributed by atoms with van der Waals surface area (Å²) >= 11 is 0. The Hall–Kier alpha value is -4.78. The minimum absolute atomic E-state index is 0.103. The third-order valence-corrected chi connectivity index (χ3v) is 6.76. The molecule has 1 aliphatic rings. The molecule has 5 rings (SSSR count). The Morgan fingerprint density at radius 3 is 2.38 bits per heavy atom. The zero-order chi connectivity index (χ0) is 25.9. The Kier molecular flexibility index (Phi) is 6.51. The normalized spacial score (nSPS) is 14.4. The number of carbonyl (C=O) groups is 3. The lowest BCUT2D eigenvalue weighted by molar-refractivity contribution is 0.0931. The van der Waals surface area contributed by atoms with Crippen LogP contribution in [-0.4, -0.2) is 22.7 Å². The SMILES string of the molecule is NC(=O)c1ccc(-c2cccc(C(=O)NC3CCCc4ccccc43)c2-c2ccccn2)c(C(N)=O)c1. The van der Waals surface area contributed by atoms with E-state index in [9.17, 15) is 14.4 Å². The third-order valence-electron chi connectivity index (χ3n) is 6.76. The quantitative estimate of drug-likeness (QED) is 0.369. The first kappa shape index (κ1) is 23.9. The summed E-state index contributed by atoms with van der Waals surface area (Å²) in [6.45, 7) is 0. The van der Waals surface area contributed by atoms with E-state index in [0.717, 1.165) is 24.8 Å².